The van der Waals surface area contributed by atoms with Crippen molar-refractivity contribution in [3.8, 4) is 5.75 Å². The van der Waals surface area contributed by atoms with E-state index >= 15 is 0 Å². The van der Waals surface area contributed by atoms with Crippen molar-refractivity contribution >= 4 is 22.7 Å². The molecule has 1 fully saturated rings. The zero-order chi connectivity index (χ0) is 18.8. The summed E-state index contributed by atoms with van der Waals surface area (Å²) in [7, 11) is 0. The largest absolute Gasteiger partial charge is 0.489 e. The summed E-state index contributed by atoms with van der Waals surface area (Å²) in [5, 5.41) is 11.7. The fourth-order valence-corrected chi connectivity index (χ4v) is 3.67. The number of H-pyrrole nitrogens is 1. The van der Waals surface area contributed by atoms with Gasteiger partial charge in [-0.05, 0) is 43.5 Å². The number of hydrogen-bond donors (Lipinski definition) is 2. The Balaban J connectivity index is 1.27. The highest BCUT2D eigenvalue weighted by molar-refractivity contribution is 5.87. The van der Waals surface area contributed by atoms with Crippen LogP contribution < -0.4 is 10.1 Å². The third kappa shape index (κ3) is 3.36. The van der Waals surface area contributed by atoms with Crippen molar-refractivity contribution in [1.82, 2.24) is 30.1 Å². The lowest BCUT2D eigenvalue weighted by atomic mass is 10.0. The Morgan fingerprint density at radius 2 is 2.04 bits per heavy atom. The minimum absolute atomic E-state index is 0.200. The van der Waals surface area contributed by atoms with E-state index in [0.717, 1.165) is 41.9 Å². The van der Waals surface area contributed by atoms with E-state index in [0.29, 0.717) is 17.4 Å². The van der Waals surface area contributed by atoms with Crippen LogP contribution in [0.2, 0.25) is 0 Å². The third-order valence-electron chi connectivity index (χ3n) is 5.01. The summed E-state index contributed by atoms with van der Waals surface area (Å²) >= 11 is 0. The number of nitrogens with one attached hydrogen (secondary N) is 2. The van der Waals surface area contributed by atoms with Crippen molar-refractivity contribution in [2.45, 2.75) is 31.3 Å². The quantitative estimate of drug-likeness (QED) is 0.551. The SMILES string of the molecule is c1cncc(O[C@@H]2CC[C@H](c3cc(Nc4ncnc5ncccc45)n[nH]3)C2)c1. The maximum atomic E-state index is 6.04. The van der Waals surface area contributed by atoms with E-state index in [1.807, 2.05) is 30.3 Å². The summed E-state index contributed by atoms with van der Waals surface area (Å²) in [4.78, 5) is 16.9. The van der Waals surface area contributed by atoms with E-state index in [1.165, 1.54) is 6.33 Å². The van der Waals surface area contributed by atoms with Crippen molar-refractivity contribution in [1.29, 1.82) is 0 Å². The molecular formula is C20H19N7O. The van der Waals surface area contributed by atoms with Crippen LogP contribution in [-0.2, 0) is 0 Å². The highest BCUT2D eigenvalue weighted by Crippen LogP contribution is 2.36. The first kappa shape index (κ1) is 16.6. The number of rotatable bonds is 5. The van der Waals surface area contributed by atoms with Gasteiger partial charge in [-0.25, -0.2) is 15.0 Å². The van der Waals surface area contributed by atoms with Crippen molar-refractivity contribution in [3.63, 3.8) is 0 Å². The first-order valence-electron chi connectivity index (χ1n) is 9.30. The second kappa shape index (κ2) is 7.22. The molecule has 0 unspecified atom stereocenters. The lowest BCUT2D eigenvalue weighted by molar-refractivity contribution is 0.207. The van der Waals surface area contributed by atoms with Crippen LogP contribution in [0.1, 0.15) is 30.9 Å². The fraction of sp³-hybridized carbons (Fsp3) is 0.250. The summed E-state index contributed by atoms with van der Waals surface area (Å²) in [6, 6.07) is 9.69. The zero-order valence-corrected chi connectivity index (χ0v) is 15.1. The van der Waals surface area contributed by atoms with Gasteiger partial charge in [0.25, 0.3) is 0 Å². The summed E-state index contributed by atoms with van der Waals surface area (Å²) in [5.74, 6) is 2.65. The lowest BCUT2D eigenvalue weighted by Crippen LogP contribution is -2.12. The molecule has 4 aromatic heterocycles. The van der Waals surface area contributed by atoms with Crippen LogP contribution in [0, 0.1) is 0 Å². The topological polar surface area (TPSA) is 102 Å². The van der Waals surface area contributed by atoms with Crippen molar-refractivity contribution in [2.75, 3.05) is 5.32 Å². The maximum absolute atomic E-state index is 6.04. The summed E-state index contributed by atoms with van der Waals surface area (Å²) < 4.78 is 6.04. The molecule has 0 aliphatic heterocycles. The van der Waals surface area contributed by atoms with Gasteiger partial charge in [0.2, 0.25) is 0 Å². The molecule has 1 aliphatic carbocycles. The van der Waals surface area contributed by atoms with E-state index in [4.69, 9.17) is 4.74 Å². The van der Waals surface area contributed by atoms with Crippen LogP contribution in [0.25, 0.3) is 11.0 Å². The van der Waals surface area contributed by atoms with Crippen molar-refractivity contribution in [2.24, 2.45) is 0 Å². The van der Waals surface area contributed by atoms with E-state index in [-0.39, 0.29) is 6.10 Å². The third-order valence-corrected chi connectivity index (χ3v) is 5.01. The Kier molecular flexibility index (Phi) is 4.29. The number of fused-ring (bicyclic) bond motifs is 1. The molecular weight excluding hydrogens is 354 g/mol. The van der Waals surface area contributed by atoms with Gasteiger partial charge in [0.15, 0.2) is 11.5 Å². The molecule has 28 heavy (non-hydrogen) atoms. The first-order chi connectivity index (χ1) is 13.8. The summed E-state index contributed by atoms with van der Waals surface area (Å²) in [5.41, 5.74) is 1.76. The molecule has 1 aliphatic rings. The van der Waals surface area contributed by atoms with E-state index in [1.54, 1.807) is 18.6 Å². The average molecular weight is 373 g/mol. The smallest absolute Gasteiger partial charge is 0.164 e. The predicted molar refractivity (Wildman–Crippen MR) is 104 cm³/mol. The normalized spacial score (nSPS) is 19.0. The Bertz CT molecular complexity index is 1080. The minimum atomic E-state index is 0.200. The number of aromatic amines is 1. The van der Waals surface area contributed by atoms with E-state index in [2.05, 4.69) is 35.5 Å². The van der Waals surface area contributed by atoms with Gasteiger partial charge in [-0.1, -0.05) is 0 Å². The molecule has 8 nitrogen and oxygen atoms in total. The fourth-order valence-electron chi connectivity index (χ4n) is 3.67. The predicted octanol–water partition coefficient (Wildman–Crippen LogP) is 3.60. The van der Waals surface area contributed by atoms with Gasteiger partial charge < -0.3 is 10.1 Å². The van der Waals surface area contributed by atoms with E-state index < -0.39 is 0 Å². The molecule has 8 heteroatoms. The molecule has 140 valence electrons. The Hall–Kier alpha value is -3.55. The van der Waals surface area contributed by atoms with Crippen molar-refractivity contribution in [3.05, 3.63) is 60.9 Å². The standard InChI is InChI=1S/C20H19N7O/c1-3-15(11-21-7-1)28-14-6-5-13(9-14)17-10-18(27-26-17)25-20-16-4-2-8-22-19(16)23-12-24-20/h1-4,7-8,10-14H,5-6,9H2,(H2,22,23,24,25,26,27)/t13-,14+/m0/s1. The molecule has 0 radical (unpaired) electrons. The molecule has 2 atom stereocenters. The molecule has 0 amide bonds. The zero-order valence-electron chi connectivity index (χ0n) is 15.1. The molecule has 0 bridgehead atoms. The number of anilines is 2. The van der Waals surface area contributed by atoms with Gasteiger partial charge in [0.05, 0.1) is 17.7 Å². The number of nitrogens with zero attached hydrogens (tertiary/aromatic N) is 5. The number of ether oxygens (including phenoxy) is 1. The Morgan fingerprint density at radius 3 is 2.96 bits per heavy atom. The lowest BCUT2D eigenvalue weighted by Gasteiger charge is -2.13. The Morgan fingerprint density at radius 1 is 1.07 bits per heavy atom. The van der Waals surface area contributed by atoms with Gasteiger partial charge in [0.1, 0.15) is 17.9 Å². The van der Waals surface area contributed by atoms with Crippen LogP contribution in [0.4, 0.5) is 11.6 Å². The van der Waals surface area contributed by atoms with Gasteiger partial charge in [-0.2, -0.15) is 5.10 Å². The first-order valence-corrected chi connectivity index (χ1v) is 9.30. The van der Waals surface area contributed by atoms with E-state index in [9.17, 15) is 0 Å². The molecule has 5 rings (SSSR count). The van der Waals surface area contributed by atoms with Gasteiger partial charge in [-0.3, -0.25) is 10.1 Å². The second-order valence-corrected chi connectivity index (χ2v) is 6.87. The summed E-state index contributed by atoms with van der Waals surface area (Å²) in [6.07, 6.45) is 9.96. The number of aromatic nitrogens is 6. The molecule has 4 aromatic rings. The molecule has 0 saturated heterocycles. The van der Waals surface area contributed by atoms with Crippen LogP contribution in [0.15, 0.2) is 55.2 Å². The average Bonchev–Trinajstić information content (AvgIpc) is 3.39. The van der Waals surface area contributed by atoms with Crippen LogP contribution in [0.3, 0.4) is 0 Å². The molecule has 2 N–H and O–H groups in total. The molecule has 4 heterocycles. The monoisotopic (exact) mass is 373 g/mol. The highest BCUT2D eigenvalue weighted by atomic mass is 16.5. The number of pyridine rings is 2. The molecule has 0 spiro atoms. The van der Waals surface area contributed by atoms with Gasteiger partial charge >= 0.3 is 0 Å². The van der Waals surface area contributed by atoms with Crippen LogP contribution >= 0.6 is 0 Å². The van der Waals surface area contributed by atoms with Crippen LogP contribution in [0.5, 0.6) is 5.75 Å². The maximum Gasteiger partial charge on any atom is 0.164 e. The minimum Gasteiger partial charge on any atom is -0.489 e. The van der Waals surface area contributed by atoms with Gasteiger partial charge in [-0.15, -0.1) is 0 Å². The molecule has 1 saturated carbocycles. The second-order valence-electron chi connectivity index (χ2n) is 6.87. The molecule has 0 aromatic carbocycles. The van der Waals surface area contributed by atoms with Gasteiger partial charge in [0, 0.05) is 30.1 Å². The Labute approximate surface area is 161 Å². The summed E-state index contributed by atoms with van der Waals surface area (Å²) in [6.45, 7) is 0. The van der Waals surface area contributed by atoms with Crippen molar-refractivity contribution < 1.29 is 4.74 Å². The highest BCUT2D eigenvalue weighted by Gasteiger charge is 2.28. The van der Waals surface area contributed by atoms with Crippen LogP contribution in [-0.4, -0.2) is 36.2 Å². The number of hydrogen-bond acceptors (Lipinski definition) is 7.